The number of carbonyl (C=O) groups is 1. The monoisotopic (exact) mass is 235 g/mol. The van der Waals surface area contributed by atoms with Crippen LogP contribution in [-0.2, 0) is 17.9 Å². The molecule has 0 saturated carbocycles. The fourth-order valence-corrected chi connectivity index (χ4v) is 2.28. The summed E-state index contributed by atoms with van der Waals surface area (Å²) in [6, 6.07) is 4.12. The van der Waals surface area contributed by atoms with Gasteiger partial charge in [-0.3, -0.25) is 4.79 Å². The van der Waals surface area contributed by atoms with Crippen LogP contribution in [0.4, 0.5) is 0 Å². The Morgan fingerprint density at radius 2 is 2.41 bits per heavy atom. The molecule has 1 unspecified atom stereocenters. The van der Waals surface area contributed by atoms with Gasteiger partial charge in [-0.05, 0) is 38.3 Å². The number of nitrogens with one attached hydrogen (secondary N) is 2. The van der Waals surface area contributed by atoms with Crippen molar-refractivity contribution in [1.82, 2.24) is 15.2 Å². The molecule has 94 valence electrons. The van der Waals surface area contributed by atoms with Gasteiger partial charge in [0.15, 0.2) is 0 Å². The number of nitrogens with zero attached hydrogens (tertiary/aromatic N) is 1. The van der Waals surface area contributed by atoms with E-state index in [0.717, 1.165) is 38.9 Å². The highest BCUT2D eigenvalue weighted by atomic mass is 16.2. The summed E-state index contributed by atoms with van der Waals surface area (Å²) in [7, 11) is 0. The SMILES string of the molecule is CCn1cccc1CNC1CCCCNC1=O. The topological polar surface area (TPSA) is 46.1 Å². The van der Waals surface area contributed by atoms with E-state index in [9.17, 15) is 4.79 Å². The molecule has 4 nitrogen and oxygen atoms in total. The first kappa shape index (κ1) is 12.2. The Morgan fingerprint density at radius 1 is 1.53 bits per heavy atom. The third-order valence-corrected chi connectivity index (χ3v) is 3.33. The molecule has 0 spiro atoms. The van der Waals surface area contributed by atoms with Crippen LogP contribution in [0.5, 0.6) is 0 Å². The molecular weight excluding hydrogens is 214 g/mol. The van der Waals surface area contributed by atoms with Crippen LogP contribution in [0.2, 0.25) is 0 Å². The van der Waals surface area contributed by atoms with Gasteiger partial charge in [-0.1, -0.05) is 0 Å². The van der Waals surface area contributed by atoms with Crippen LogP contribution in [0.3, 0.4) is 0 Å². The Kier molecular flexibility index (Phi) is 4.20. The quantitative estimate of drug-likeness (QED) is 0.825. The first-order chi connectivity index (χ1) is 8.31. The van der Waals surface area contributed by atoms with Gasteiger partial charge in [0.05, 0.1) is 6.04 Å². The third kappa shape index (κ3) is 3.09. The fraction of sp³-hybridized carbons (Fsp3) is 0.615. The van der Waals surface area contributed by atoms with Crippen molar-refractivity contribution in [2.45, 2.75) is 45.3 Å². The standard InChI is InChI=1S/C13H21N3O/c1-2-16-9-5-6-11(16)10-15-12-7-3-4-8-14-13(12)17/h5-6,9,12,15H,2-4,7-8,10H2,1H3,(H,14,17). The molecular formula is C13H21N3O. The molecule has 17 heavy (non-hydrogen) atoms. The molecule has 1 aliphatic rings. The second-order valence-corrected chi connectivity index (χ2v) is 4.51. The summed E-state index contributed by atoms with van der Waals surface area (Å²) in [6.07, 6.45) is 5.23. The molecule has 1 atom stereocenters. The molecule has 0 radical (unpaired) electrons. The van der Waals surface area contributed by atoms with E-state index >= 15 is 0 Å². The van der Waals surface area contributed by atoms with Crippen molar-refractivity contribution >= 4 is 5.91 Å². The van der Waals surface area contributed by atoms with Gasteiger partial charge < -0.3 is 15.2 Å². The van der Waals surface area contributed by atoms with Gasteiger partial charge in [0.1, 0.15) is 0 Å². The minimum Gasteiger partial charge on any atom is -0.355 e. The van der Waals surface area contributed by atoms with Crippen molar-refractivity contribution in [3.8, 4) is 0 Å². The zero-order valence-corrected chi connectivity index (χ0v) is 10.4. The van der Waals surface area contributed by atoms with Crippen LogP contribution in [-0.4, -0.2) is 23.1 Å². The number of rotatable bonds is 4. The summed E-state index contributed by atoms with van der Waals surface area (Å²) in [5, 5.41) is 6.30. The predicted molar refractivity (Wildman–Crippen MR) is 67.6 cm³/mol. The van der Waals surface area contributed by atoms with E-state index in [0.29, 0.717) is 0 Å². The average Bonchev–Trinajstić information content (AvgIpc) is 2.70. The second kappa shape index (κ2) is 5.87. The van der Waals surface area contributed by atoms with E-state index in [1.807, 2.05) is 6.07 Å². The van der Waals surface area contributed by atoms with Gasteiger partial charge in [-0.15, -0.1) is 0 Å². The first-order valence-electron chi connectivity index (χ1n) is 6.46. The minimum absolute atomic E-state index is 0.0299. The molecule has 0 bridgehead atoms. The van der Waals surface area contributed by atoms with E-state index in [-0.39, 0.29) is 11.9 Å². The molecule has 1 aromatic heterocycles. The summed E-state index contributed by atoms with van der Waals surface area (Å²) in [4.78, 5) is 11.7. The molecule has 1 fully saturated rings. The summed E-state index contributed by atoms with van der Waals surface area (Å²) in [5.74, 6) is 0.150. The van der Waals surface area contributed by atoms with Crippen molar-refractivity contribution in [3.05, 3.63) is 24.0 Å². The van der Waals surface area contributed by atoms with Crippen LogP contribution in [0.25, 0.3) is 0 Å². The Hall–Kier alpha value is -1.29. The van der Waals surface area contributed by atoms with E-state index in [1.54, 1.807) is 0 Å². The maximum atomic E-state index is 11.7. The minimum atomic E-state index is -0.0299. The van der Waals surface area contributed by atoms with E-state index < -0.39 is 0 Å². The zero-order chi connectivity index (χ0) is 12.1. The van der Waals surface area contributed by atoms with Crippen LogP contribution < -0.4 is 10.6 Å². The summed E-state index contributed by atoms with van der Waals surface area (Å²) in [6.45, 7) is 4.68. The Labute approximate surface area is 102 Å². The van der Waals surface area contributed by atoms with Crippen LogP contribution in [0, 0.1) is 0 Å². The molecule has 0 aromatic carbocycles. The molecule has 1 amide bonds. The lowest BCUT2D eigenvalue weighted by atomic mass is 10.1. The van der Waals surface area contributed by atoms with Crippen molar-refractivity contribution in [2.75, 3.05) is 6.54 Å². The van der Waals surface area contributed by atoms with Crippen molar-refractivity contribution in [1.29, 1.82) is 0 Å². The molecule has 0 aliphatic carbocycles. The smallest absolute Gasteiger partial charge is 0.237 e. The molecule has 1 aromatic rings. The largest absolute Gasteiger partial charge is 0.355 e. The normalized spacial score (nSPS) is 21.0. The van der Waals surface area contributed by atoms with Gasteiger partial charge >= 0.3 is 0 Å². The summed E-state index contributed by atoms with van der Waals surface area (Å²) < 4.78 is 2.20. The number of carbonyl (C=O) groups excluding carboxylic acids is 1. The van der Waals surface area contributed by atoms with Crippen LogP contribution in [0.1, 0.15) is 31.9 Å². The highest BCUT2D eigenvalue weighted by molar-refractivity contribution is 5.81. The number of aryl methyl sites for hydroxylation is 1. The van der Waals surface area contributed by atoms with E-state index in [1.165, 1.54) is 5.69 Å². The Morgan fingerprint density at radius 3 is 3.24 bits per heavy atom. The van der Waals surface area contributed by atoms with E-state index in [2.05, 4.69) is 34.4 Å². The van der Waals surface area contributed by atoms with Crippen LogP contribution >= 0.6 is 0 Å². The van der Waals surface area contributed by atoms with Gasteiger partial charge in [0.2, 0.25) is 5.91 Å². The molecule has 1 saturated heterocycles. The van der Waals surface area contributed by atoms with Gasteiger partial charge in [-0.25, -0.2) is 0 Å². The summed E-state index contributed by atoms with van der Waals surface area (Å²) >= 11 is 0. The Balaban J connectivity index is 1.90. The van der Waals surface area contributed by atoms with Crippen molar-refractivity contribution in [2.24, 2.45) is 0 Å². The maximum Gasteiger partial charge on any atom is 0.237 e. The van der Waals surface area contributed by atoms with Gasteiger partial charge in [-0.2, -0.15) is 0 Å². The Bertz CT molecular complexity index is 372. The number of aromatic nitrogens is 1. The van der Waals surface area contributed by atoms with Gasteiger partial charge in [0.25, 0.3) is 0 Å². The molecule has 2 N–H and O–H groups in total. The highest BCUT2D eigenvalue weighted by Crippen LogP contribution is 2.07. The highest BCUT2D eigenvalue weighted by Gasteiger charge is 2.19. The van der Waals surface area contributed by atoms with Crippen LogP contribution in [0.15, 0.2) is 18.3 Å². The molecule has 1 aliphatic heterocycles. The lowest BCUT2D eigenvalue weighted by Gasteiger charge is -2.16. The zero-order valence-electron chi connectivity index (χ0n) is 10.4. The lowest BCUT2D eigenvalue weighted by Crippen LogP contribution is -2.42. The average molecular weight is 235 g/mol. The number of hydrogen-bond acceptors (Lipinski definition) is 2. The predicted octanol–water partition coefficient (Wildman–Crippen LogP) is 1.27. The fourth-order valence-electron chi connectivity index (χ4n) is 2.28. The van der Waals surface area contributed by atoms with Crippen molar-refractivity contribution < 1.29 is 4.79 Å². The van der Waals surface area contributed by atoms with Gasteiger partial charge in [0, 0.05) is 31.5 Å². The first-order valence-corrected chi connectivity index (χ1v) is 6.46. The molecule has 4 heteroatoms. The maximum absolute atomic E-state index is 11.7. The molecule has 2 rings (SSSR count). The number of hydrogen-bond donors (Lipinski definition) is 2. The van der Waals surface area contributed by atoms with E-state index in [4.69, 9.17) is 0 Å². The lowest BCUT2D eigenvalue weighted by molar-refractivity contribution is -0.122. The second-order valence-electron chi connectivity index (χ2n) is 4.51. The third-order valence-electron chi connectivity index (χ3n) is 3.33. The summed E-state index contributed by atoms with van der Waals surface area (Å²) in [5.41, 5.74) is 1.24. The van der Waals surface area contributed by atoms with Crippen molar-refractivity contribution in [3.63, 3.8) is 0 Å². The molecule has 2 heterocycles. The number of amides is 1.